The Morgan fingerprint density at radius 2 is 1.81 bits per heavy atom. The van der Waals surface area contributed by atoms with Crippen molar-refractivity contribution in [2.75, 3.05) is 6.54 Å². The maximum atomic E-state index is 3.82. The van der Waals surface area contributed by atoms with Gasteiger partial charge in [0, 0.05) is 13.1 Å². The largest absolute Gasteiger partial charge is 0.306 e. The first kappa shape index (κ1) is 9.54. The summed E-state index contributed by atoms with van der Waals surface area (Å²) in [4.78, 5) is 2.41. The predicted molar refractivity (Wildman–Crippen MR) is 60.6 cm³/mol. The van der Waals surface area contributed by atoms with E-state index in [4.69, 9.17) is 0 Å². The molecule has 4 nitrogen and oxygen atoms in total. The van der Waals surface area contributed by atoms with Crippen molar-refractivity contribution in [3.8, 4) is 0 Å². The lowest BCUT2D eigenvalue weighted by molar-refractivity contribution is 0.200. The molecule has 1 aliphatic heterocycles. The van der Waals surface area contributed by atoms with E-state index in [-0.39, 0.29) is 0 Å². The predicted octanol–water partition coefficient (Wildman–Crippen LogP) is 1.29. The minimum absolute atomic E-state index is 0.876. The van der Waals surface area contributed by atoms with Crippen molar-refractivity contribution in [2.24, 2.45) is 0 Å². The average Bonchev–Trinajstić information content (AvgIpc) is 2.82. The van der Waals surface area contributed by atoms with E-state index < -0.39 is 0 Å². The van der Waals surface area contributed by atoms with Gasteiger partial charge in [0.15, 0.2) is 0 Å². The van der Waals surface area contributed by atoms with Gasteiger partial charge in [-0.25, -0.2) is 0 Å². The molecule has 3 rings (SSSR count). The van der Waals surface area contributed by atoms with Crippen LogP contribution in [0.15, 0.2) is 36.9 Å². The molecule has 2 aromatic rings. The molecule has 0 saturated heterocycles. The highest BCUT2D eigenvalue weighted by Crippen LogP contribution is 2.18. The van der Waals surface area contributed by atoms with E-state index in [0.717, 1.165) is 26.2 Å². The molecule has 0 bridgehead atoms. The van der Waals surface area contributed by atoms with E-state index in [0.29, 0.717) is 0 Å². The lowest BCUT2D eigenvalue weighted by Crippen LogP contribution is -2.31. The molecule has 0 fully saturated rings. The second-order valence-electron chi connectivity index (χ2n) is 4.19. The summed E-state index contributed by atoms with van der Waals surface area (Å²) in [5, 5.41) is 7.64. The Balaban J connectivity index is 1.73. The standard InChI is InChI=1S/C12H14N4/c1-2-4-12-7-15(6-5-11(12)3-1)10-16-8-13-14-9-16/h1-4,8-9H,5-7,10H2. The molecule has 0 unspecified atom stereocenters. The van der Waals surface area contributed by atoms with Crippen LogP contribution in [0.25, 0.3) is 0 Å². The Morgan fingerprint density at radius 3 is 2.62 bits per heavy atom. The third-order valence-electron chi connectivity index (χ3n) is 3.04. The minimum Gasteiger partial charge on any atom is -0.306 e. The van der Waals surface area contributed by atoms with Gasteiger partial charge in [0.25, 0.3) is 0 Å². The zero-order valence-corrected chi connectivity index (χ0v) is 9.08. The second kappa shape index (κ2) is 4.06. The fraction of sp³-hybridized carbons (Fsp3) is 0.333. The zero-order valence-electron chi connectivity index (χ0n) is 9.08. The number of hydrogen-bond acceptors (Lipinski definition) is 3. The molecule has 1 aliphatic rings. The Kier molecular flexibility index (Phi) is 2.42. The lowest BCUT2D eigenvalue weighted by Gasteiger charge is -2.28. The van der Waals surface area contributed by atoms with Gasteiger partial charge < -0.3 is 4.57 Å². The number of nitrogens with zero attached hydrogens (tertiary/aromatic N) is 4. The van der Waals surface area contributed by atoms with E-state index in [1.807, 2.05) is 4.57 Å². The highest BCUT2D eigenvalue weighted by atomic mass is 15.3. The maximum Gasteiger partial charge on any atom is 0.120 e. The van der Waals surface area contributed by atoms with Gasteiger partial charge >= 0.3 is 0 Å². The van der Waals surface area contributed by atoms with E-state index in [1.54, 1.807) is 12.7 Å². The summed E-state index contributed by atoms with van der Waals surface area (Å²) in [7, 11) is 0. The van der Waals surface area contributed by atoms with Gasteiger partial charge in [0.1, 0.15) is 12.7 Å². The SMILES string of the molecule is c1ccc2c(c1)CCN(Cn1cnnc1)C2. The van der Waals surface area contributed by atoms with Gasteiger partial charge in [0.05, 0.1) is 6.67 Å². The zero-order chi connectivity index (χ0) is 10.8. The van der Waals surface area contributed by atoms with Crippen molar-refractivity contribution in [1.29, 1.82) is 0 Å². The number of benzene rings is 1. The van der Waals surface area contributed by atoms with Crippen molar-refractivity contribution in [2.45, 2.75) is 19.6 Å². The van der Waals surface area contributed by atoms with Crippen molar-refractivity contribution >= 4 is 0 Å². The minimum atomic E-state index is 0.876. The highest BCUT2D eigenvalue weighted by molar-refractivity contribution is 5.28. The van der Waals surface area contributed by atoms with Gasteiger partial charge in [0.2, 0.25) is 0 Å². The lowest BCUT2D eigenvalue weighted by atomic mass is 10.0. The summed E-state index contributed by atoms with van der Waals surface area (Å²) in [6.45, 7) is 3.00. The Bertz CT molecular complexity index is 464. The number of hydrogen-bond donors (Lipinski definition) is 0. The van der Waals surface area contributed by atoms with E-state index >= 15 is 0 Å². The van der Waals surface area contributed by atoms with E-state index in [2.05, 4.69) is 39.4 Å². The topological polar surface area (TPSA) is 34.0 Å². The molecule has 0 radical (unpaired) electrons. The van der Waals surface area contributed by atoms with Crippen LogP contribution in [-0.2, 0) is 19.6 Å². The second-order valence-corrected chi connectivity index (χ2v) is 4.19. The summed E-state index contributed by atoms with van der Waals surface area (Å²) in [5.74, 6) is 0. The molecule has 82 valence electrons. The molecular weight excluding hydrogens is 200 g/mol. The summed E-state index contributed by atoms with van der Waals surface area (Å²) < 4.78 is 2.01. The molecule has 0 atom stereocenters. The van der Waals surface area contributed by atoms with Crippen LogP contribution in [0.5, 0.6) is 0 Å². The third kappa shape index (κ3) is 1.84. The monoisotopic (exact) mass is 214 g/mol. The van der Waals surface area contributed by atoms with Crippen LogP contribution < -0.4 is 0 Å². The van der Waals surface area contributed by atoms with Gasteiger partial charge in [-0.3, -0.25) is 4.90 Å². The number of aromatic nitrogens is 3. The quantitative estimate of drug-likeness (QED) is 0.755. The van der Waals surface area contributed by atoms with Crippen molar-refractivity contribution < 1.29 is 0 Å². The molecule has 2 heterocycles. The molecule has 0 aliphatic carbocycles. The van der Waals surface area contributed by atoms with E-state index in [1.165, 1.54) is 11.1 Å². The third-order valence-corrected chi connectivity index (χ3v) is 3.04. The Labute approximate surface area is 94.5 Å². The van der Waals surface area contributed by atoms with Gasteiger partial charge in [-0.05, 0) is 17.5 Å². The van der Waals surface area contributed by atoms with Crippen LogP contribution in [0.4, 0.5) is 0 Å². The molecule has 1 aromatic heterocycles. The summed E-state index contributed by atoms with van der Waals surface area (Å²) in [6, 6.07) is 8.68. The smallest absolute Gasteiger partial charge is 0.120 e. The molecule has 0 amide bonds. The fourth-order valence-electron chi connectivity index (χ4n) is 2.20. The number of rotatable bonds is 2. The molecule has 0 spiro atoms. The first-order chi connectivity index (χ1) is 7.92. The number of fused-ring (bicyclic) bond motifs is 1. The Hall–Kier alpha value is -1.68. The van der Waals surface area contributed by atoms with Crippen molar-refractivity contribution in [3.63, 3.8) is 0 Å². The van der Waals surface area contributed by atoms with Gasteiger partial charge in [-0.15, -0.1) is 10.2 Å². The first-order valence-corrected chi connectivity index (χ1v) is 5.53. The van der Waals surface area contributed by atoms with Crippen LogP contribution in [-0.4, -0.2) is 26.2 Å². The van der Waals surface area contributed by atoms with E-state index in [9.17, 15) is 0 Å². The van der Waals surface area contributed by atoms with Gasteiger partial charge in [-0.2, -0.15) is 0 Å². The molecule has 16 heavy (non-hydrogen) atoms. The van der Waals surface area contributed by atoms with Crippen LogP contribution in [0.3, 0.4) is 0 Å². The summed E-state index contributed by atoms with van der Waals surface area (Å²) in [6.07, 6.45) is 4.67. The fourth-order valence-corrected chi connectivity index (χ4v) is 2.20. The van der Waals surface area contributed by atoms with Crippen LogP contribution in [0.2, 0.25) is 0 Å². The molecule has 4 heteroatoms. The molecule has 0 saturated carbocycles. The molecular formula is C12H14N4. The van der Waals surface area contributed by atoms with Gasteiger partial charge in [-0.1, -0.05) is 24.3 Å². The highest BCUT2D eigenvalue weighted by Gasteiger charge is 2.15. The van der Waals surface area contributed by atoms with Crippen LogP contribution in [0, 0.1) is 0 Å². The first-order valence-electron chi connectivity index (χ1n) is 5.53. The normalized spacial score (nSPS) is 16.0. The summed E-state index contributed by atoms with van der Waals surface area (Å²) in [5.41, 5.74) is 2.93. The molecule has 1 aromatic carbocycles. The van der Waals surface area contributed by atoms with Crippen molar-refractivity contribution in [3.05, 3.63) is 48.0 Å². The van der Waals surface area contributed by atoms with Crippen molar-refractivity contribution in [1.82, 2.24) is 19.7 Å². The Morgan fingerprint density at radius 1 is 1.06 bits per heavy atom. The average molecular weight is 214 g/mol. The molecule has 0 N–H and O–H groups in total. The maximum absolute atomic E-state index is 3.82. The van der Waals surface area contributed by atoms with Crippen LogP contribution in [0.1, 0.15) is 11.1 Å². The summed E-state index contributed by atoms with van der Waals surface area (Å²) >= 11 is 0. The van der Waals surface area contributed by atoms with Crippen LogP contribution >= 0.6 is 0 Å².